The number of thiocarbonyl (C=S) groups is 1. The molecule has 0 amide bonds. The Kier molecular flexibility index (Phi) is 6.35. The molecule has 1 aromatic carbocycles. The first kappa shape index (κ1) is 22.5. The van der Waals surface area contributed by atoms with Crippen molar-refractivity contribution in [1.82, 2.24) is 19.8 Å². The Hall–Kier alpha value is -2.70. The average Bonchev–Trinajstić information content (AvgIpc) is 3.22. The average molecular weight is 449 g/mol. The highest BCUT2D eigenvalue weighted by Gasteiger charge is 2.41. The first-order valence-corrected chi connectivity index (χ1v) is 11.5. The van der Waals surface area contributed by atoms with Gasteiger partial charge in [-0.2, -0.15) is 0 Å². The Labute approximate surface area is 196 Å². The zero-order valence-electron chi connectivity index (χ0n) is 19.8. The summed E-state index contributed by atoms with van der Waals surface area (Å²) in [5, 5.41) is 4.28. The molecular weight excluding hydrogens is 416 g/mol. The molecule has 0 bridgehead atoms. The van der Waals surface area contributed by atoms with Crippen LogP contribution in [0.1, 0.15) is 51.4 Å². The molecule has 2 atom stereocenters. The van der Waals surface area contributed by atoms with Gasteiger partial charge < -0.3 is 19.5 Å². The summed E-state index contributed by atoms with van der Waals surface area (Å²) in [6.07, 6.45) is 1.84. The van der Waals surface area contributed by atoms with Gasteiger partial charge in [0.25, 0.3) is 0 Å². The summed E-state index contributed by atoms with van der Waals surface area (Å²) in [5.41, 5.74) is 9.84. The minimum absolute atomic E-state index is 0.0188. The largest absolute Gasteiger partial charge is 0.383 e. The molecule has 1 fully saturated rings. The summed E-state index contributed by atoms with van der Waals surface area (Å²) in [5.74, 6) is 0. The Balaban J connectivity index is 1.86. The van der Waals surface area contributed by atoms with Gasteiger partial charge in [-0.1, -0.05) is 23.8 Å². The number of rotatable bonds is 6. The second kappa shape index (κ2) is 9.04. The maximum Gasteiger partial charge on any atom is 0.170 e. The van der Waals surface area contributed by atoms with Crippen molar-refractivity contribution in [3.05, 3.63) is 81.9 Å². The summed E-state index contributed by atoms with van der Waals surface area (Å²) in [4.78, 5) is 6.90. The third kappa shape index (κ3) is 3.93. The first-order chi connectivity index (χ1) is 15.3. The number of pyridine rings is 1. The molecule has 1 saturated heterocycles. The molecule has 3 heterocycles. The number of nitrogens with zero attached hydrogens (tertiary/aromatic N) is 3. The third-order valence-corrected chi connectivity index (χ3v) is 6.73. The Morgan fingerprint density at radius 1 is 1.06 bits per heavy atom. The van der Waals surface area contributed by atoms with Crippen LogP contribution in [-0.2, 0) is 4.74 Å². The highest BCUT2D eigenvalue weighted by molar-refractivity contribution is 7.80. The van der Waals surface area contributed by atoms with E-state index < -0.39 is 0 Å². The predicted octanol–water partition coefficient (Wildman–Crippen LogP) is 5.03. The molecule has 0 spiro atoms. The minimum Gasteiger partial charge on any atom is -0.383 e. The molecule has 5 nitrogen and oxygen atoms in total. The molecule has 1 aliphatic rings. The van der Waals surface area contributed by atoms with Crippen molar-refractivity contribution >= 4 is 17.3 Å². The highest BCUT2D eigenvalue weighted by Crippen LogP contribution is 2.41. The highest BCUT2D eigenvalue weighted by atomic mass is 32.1. The smallest absolute Gasteiger partial charge is 0.170 e. The maximum atomic E-state index is 5.76. The minimum atomic E-state index is -0.0188. The van der Waals surface area contributed by atoms with Gasteiger partial charge in [0.2, 0.25) is 0 Å². The molecule has 168 valence electrons. The van der Waals surface area contributed by atoms with Gasteiger partial charge in [-0.3, -0.25) is 4.98 Å². The topological polar surface area (TPSA) is 42.3 Å². The third-order valence-electron chi connectivity index (χ3n) is 6.38. The molecule has 0 saturated carbocycles. The van der Waals surface area contributed by atoms with Crippen molar-refractivity contribution < 1.29 is 4.74 Å². The number of aromatic nitrogens is 2. The lowest BCUT2D eigenvalue weighted by molar-refractivity contribution is 0.164. The molecule has 0 unspecified atom stereocenters. The van der Waals surface area contributed by atoms with E-state index in [9.17, 15) is 0 Å². The van der Waals surface area contributed by atoms with Crippen LogP contribution in [0.3, 0.4) is 0 Å². The fraction of sp³-hybridized carbons (Fsp3) is 0.385. The Bertz CT molecular complexity index is 1120. The van der Waals surface area contributed by atoms with E-state index in [0.29, 0.717) is 6.61 Å². The SMILES string of the molecule is COCCN1C(=S)N[C@H](c2ccccn2)[C@H]1c1cc(C)n(-c2c(C)cc(C)cc2C)c1C. The van der Waals surface area contributed by atoms with Crippen molar-refractivity contribution in [3.63, 3.8) is 0 Å². The zero-order valence-corrected chi connectivity index (χ0v) is 20.6. The fourth-order valence-corrected chi connectivity index (χ4v) is 5.46. The second-order valence-corrected chi connectivity index (χ2v) is 9.11. The van der Waals surface area contributed by atoms with Crippen molar-refractivity contribution in [3.8, 4) is 5.69 Å². The van der Waals surface area contributed by atoms with E-state index in [1.807, 2.05) is 18.3 Å². The summed E-state index contributed by atoms with van der Waals surface area (Å²) < 4.78 is 7.79. The van der Waals surface area contributed by atoms with Gasteiger partial charge >= 0.3 is 0 Å². The summed E-state index contributed by atoms with van der Waals surface area (Å²) in [6.45, 7) is 12.3. The number of hydrogen-bond donors (Lipinski definition) is 1. The van der Waals surface area contributed by atoms with Gasteiger partial charge in [-0.15, -0.1) is 0 Å². The molecule has 0 aliphatic carbocycles. The molecule has 32 heavy (non-hydrogen) atoms. The van der Waals surface area contributed by atoms with Crippen molar-refractivity contribution in [2.24, 2.45) is 0 Å². The lowest BCUT2D eigenvalue weighted by Crippen LogP contribution is -2.32. The van der Waals surface area contributed by atoms with Gasteiger partial charge in [-0.05, 0) is 81.7 Å². The summed E-state index contributed by atoms with van der Waals surface area (Å²) >= 11 is 5.76. The molecule has 1 N–H and O–H groups in total. The summed E-state index contributed by atoms with van der Waals surface area (Å²) in [7, 11) is 1.73. The number of ether oxygens (including phenoxy) is 1. The van der Waals surface area contributed by atoms with Crippen LogP contribution in [0.25, 0.3) is 5.69 Å². The zero-order chi connectivity index (χ0) is 23.0. The van der Waals surface area contributed by atoms with Gasteiger partial charge in [0.1, 0.15) is 0 Å². The van der Waals surface area contributed by atoms with Crippen LogP contribution < -0.4 is 5.32 Å². The predicted molar refractivity (Wildman–Crippen MR) is 133 cm³/mol. The maximum absolute atomic E-state index is 5.76. The van der Waals surface area contributed by atoms with E-state index in [4.69, 9.17) is 17.0 Å². The normalized spacial score (nSPS) is 18.3. The first-order valence-electron chi connectivity index (χ1n) is 11.1. The Morgan fingerprint density at radius 3 is 2.41 bits per heavy atom. The monoisotopic (exact) mass is 448 g/mol. The van der Waals surface area contributed by atoms with Crippen molar-refractivity contribution in [1.29, 1.82) is 0 Å². The van der Waals surface area contributed by atoms with Crippen LogP contribution in [0, 0.1) is 34.6 Å². The van der Waals surface area contributed by atoms with Gasteiger partial charge in [-0.25, -0.2) is 0 Å². The number of nitrogens with one attached hydrogen (secondary N) is 1. The number of methoxy groups -OCH3 is 1. The van der Waals surface area contributed by atoms with E-state index in [2.05, 4.69) is 78.7 Å². The molecule has 1 aliphatic heterocycles. The van der Waals surface area contributed by atoms with E-state index in [-0.39, 0.29) is 12.1 Å². The fourth-order valence-electron chi connectivity index (χ4n) is 5.13. The van der Waals surface area contributed by atoms with E-state index in [1.165, 1.54) is 39.3 Å². The van der Waals surface area contributed by atoms with Crippen molar-refractivity contribution in [2.75, 3.05) is 20.3 Å². The number of hydrogen-bond acceptors (Lipinski definition) is 3. The number of benzene rings is 1. The molecule has 2 aromatic heterocycles. The van der Waals surface area contributed by atoms with E-state index in [0.717, 1.165) is 17.4 Å². The van der Waals surface area contributed by atoms with Crippen LogP contribution in [0.2, 0.25) is 0 Å². The van der Waals surface area contributed by atoms with Gasteiger partial charge in [0.15, 0.2) is 5.11 Å². The van der Waals surface area contributed by atoms with E-state index in [1.54, 1.807) is 7.11 Å². The quantitative estimate of drug-likeness (QED) is 0.536. The van der Waals surface area contributed by atoms with Crippen LogP contribution in [0.15, 0.2) is 42.6 Å². The molecule has 0 radical (unpaired) electrons. The van der Waals surface area contributed by atoms with Crippen LogP contribution in [0.4, 0.5) is 0 Å². The standard InChI is InChI=1S/C26H32N4OS/c1-16-13-17(2)24(18(3)14-16)30-19(4)15-21(20(30)5)25-23(22-9-7-8-10-27-22)28-26(32)29(25)11-12-31-6/h7-10,13-15,23,25H,11-12H2,1-6H3,(H,28,32)/t23-,25-/m1/s1. The molecule has 3 aromatic rings. The molecular formula is C26H32N4OS. The summed E-state index contributed by atoms with van der Waals surface area (Å²) in [6, 6.07) is 12.9. The second-order valence-electron chi connectivity index (χ2n) is 8.72. The lowest BCUT2D eigenvalue weighted by Gasteiger charge is -2.28. The molecule has 4 rings (SSSR count). The van der Waals surface area contributed by atoms with Gasteiger partial charge in [0, 0.05) is 31.2 Å². The van der Waals surface area contributed by atoms with E-state index >= 15 is 0 Å². The van der Waals surface area contributed by atoms with Crippen molar-refractivity contribution in [2.45, 2.75) is 46.7 Å². The van der Waals surface area contributed by atoms with Gasteiger partial charge in [0.05, 0.1) is 30.1 Å². The number of aryl methyl sites for hydroxylation is 4. The van der Waals surface area contributed by atoms with Crippen LogP contribution in [0.5, 0.6) is 0 Å². The molecule has 6 heteroatoms. The Morgan fingerprint density at radius 2 is 1.78 bits per heavy atom. The lowest BCUT2D eigenvalue weighted by atomic mass is 9.96. The van der Waals surface area contributed by atoms with Crippen LogP contribution >= 0.6 is 12.2 Å². The van der Waals surface area contributed by atoms with Crippen LogP contribution in [-0.4, -0.2) is 39.8 Å².